The number of carbonyl (C=O) groups is 1. The van der Waals surface area contributed by atoms with Crippen LogP contribution in [-0.2, 0) is 4.79 Å². The summed E-state index contributed by atoms with van der Waals surface area (Å²) in [7, 11) is 0. The normalized spacial score (nSPS) is 10.8. The van der Waals surface area contributed by atoms with Crippen molar-refractivity contribution in [1.82, 2.24) is 19.7 Å². The fourth-order valence-corrected chi connectivity index (χ4v) is 3.71. The summed E-state index contributed by atoms with van der Waals surface area (Å²) >= 11 is 6.99. The first-order valence-electron chi connectivity index (χ1n) is 8.63. The predicted octanol–water partition coefficient (Wildman–Crippen LogP) is 4.11. The number of hydrogen-bond acceptors (Lipinski definition) is 7. The Balaban J connectivity index is 1.51. The van der Waals surface area contributed by atoms with Gasteiger partial charge in [-0.15, -0.1) is 0 Å². The second kappa shape index (κ2) is 8.47. The minimum Gasteiger partial charge on any atom is -0.320 e. The molecule has 0 fully saturated rings. The Hall–Kier alpha value is -3.50. The zero-order valence-corrected chi connectivity index (χ0v) is 16.8. The van der Waals surface area contributed by atoms with Gasteiger partial charge in [-0.2, -0.15) is 5.10 Å². The molecule has 1 N–H and O–H groups in total. The van der Waals surface area contributed by atoms with E-state index in [1.165, 1.54) is 36.3 Å². The second-order valence-corrected chi connectivity index (χ2v) is 7.46. The third-order valence-electron chi connectivity index (χ3n) is 4.10. The van der Waals surface area contributed by atoms with Gasteiger partial charge in [-0.05, 0) is 24.3 Å². The lowest BCUT2D eigenvalue weighted by Gasteiger charge is -2.07. The molecular weight excluding hydrogens is 428 g/mol. The van der Waals surface area contributed by atoms with Gasteiger partial charge in [-0.1, -0.05) is 41.6 Å². The van der Waals surface area contributed by atoms with Gasteiger partial charge in [0, 0.05) is 11.1 Å². The van der Waals surface area contributed by atoms with Crippen molar-refractivity contribution in [2.75, 3.05) is 11.1 Å². The predicted molar refractivity (Wildman–Crippen MR) is 114 cm³/mol. The molecule has 2 heterocycles. The number of rotatable bonds is 6. The molecule has 150 valence electrons. The molecule has 0 saturated heterocycles. The van der Waals surface area contributed by atoms with E-state index in [-0.39, 0.29) is 22.2 Å². The Morgan fingerprint density at radius 3 is 2.77 bits per heavy atom. The van der Waals surface area contributed by atoms with E-state index in [0.717, 1.165) is 5.69 Å². The maximum atomic E-state index is 12.4. The molecule has 4 rings (SSSR count). The number of carbonyl (C=O) groups excluding carboxylic acids is 1. The van der Waals surface area contributed by atoms with Gasteiger partial charge in [-0.3, -0.25) is 14.9 Å². The van der Waals surface area contributed by atoms with E-state index in [1.807, 2.05) is 30.3 Å². The summed E-state index contributed by atoms with van der Waals surface area (Å²) in [5.74, 6) is -0.407. The van der Waals surface area contributed by atoms with Crippen LogP contribution in [0.3, 0.4) is 0 Å². The number of hydrogen-bond donors (Lipinski definition) is 1. The summed E-state index contributed by atoms with van der Waals surface area (Å²) < 4.78 is 1.69. The van der Waals surface area contributed by atoms with E-state index in [1.54, 1.807) is 10.9 Å². The van der Waals surface area contributed by atoms with Crippen molar-refractivity contribution < 1.29 is 9.72 Å². The summed E-state index contributed by atoms with van der Waals surface area (Å²) in [4.78, 5) is 31.5. The number of nitrogens with one attached hydrogen (secondary N) is 1. The monoisotopic (exact) mass is 440 g/mol. The third kappa shape index (κ3) is 4.09. The minimum absolute atomic E-state index is 0.00239. The Labute approximate surface area is 179 Å². The number of nitro benzene ring substituents is 1. The van der Waals surface area contributed by atoms with Gasteiger partial charge in [0.2, 0.25) is 5.91 Å². The Kier molecular flexibility index (Phi) is 5.59. The quantitative estimate of drug-likeness (QED) is 0.207. The van der Waals surface area contributed by atoms with Crippen LogP contribution < -0.4 is 5.32 Å². The van der Waals surface area contributed by atoms with Gasteiger partial charge < -0.3 is 5.32 Å². The van der Waals surface area contributed by atoms with Crippen molar-refractivity contribution in [3.05, 3.63) is 76.2 Å². The number of benzene rings is 2. The first kappa shape index (κ1) is 19.8. The molecule has 2 aromatic heterocycles. The highest BCUT2D eigenvalue weighted by molar-refractivity contribution is 8.00. The summed E-state index contributed by atoms with van der Waals surface area (Å²) in [6.07, 6.45) is 3.06. The molecule has 1 amide bonds. The van der Waals surface area contributed by atoms with E-state index in [4.69, 9.17) is 11.6 Å². The standard InChI is InChI=1S/C19H13ClN6O3S/c20-12-6-7-15(16(8-12)26(28)29)24-17(27)10-30-19-14-9-23-25(18(14)21-11-22-19)13-4-2-1-3-5-13/h1-9,11H,10H2,(H,24,27). The fourth-order valence-electron chi connectivity index (χ4n) is 2.78. The van der Waals surface area contributed by atoms with Gasteiger partial charge in [0.25, 0.3) is 5.69 Å². The van der Waals surface area contributed by atoms with Gasteiger partial charge in [0.05, 0.1) is 27.9 Å². The van der Waals surface area contributed by atoms with Crippen LogP contribution in [0.25, 0.3) is 16.7 Å². The molecule has 0 unspecified atom stereocenters. The lowest BCUT2D eigenvalue weighted by Crippen LogP contribution is -2.15. The van der Waals surface area contributed by atoms with Gasteiger partial charge in [-0.25, -0.2) is 14.6 Å². The van der Waals surface area contributed by atoms with Crippen LogP contribution >= 0.6 is 23.4 Å². The topological polar surface area (TPSA) is 116 Å². The molecule has 0 aliphatic rings. The molecule has 30 heavy (non-hydrogen) atoms. The molecule has 2 aromatic carbocycles. The number of fused-ring (bicyclic) bond motifs is 1. The molecule has 0 spiro atoms. The lowest BCUT2D eigenvalue weighted by molar-refractivity contribution is -0.383. The molecule has 0 saturated carbocycles. The van der Waals surface area contributed by atoms with E-state index in [0.29, 0.717) is 16.1 Å². The molecule has 0 aliphatic carbocycles. The molecule has 0 bridgehead atoms. The van der Waals surface area contributed by atoms with Crippen molar-refractivity contribution in [2.24, 2.45) is 0 Å². The Bertz CT molecular complexity index is 1250. The number of aromatic nitrogens is 4. The number of para-hydroxylation sites is 1. The van der Waals surface area contributed by atoms with Crippen LogP contribution in [0.1, 0.15) is 0 Å². The average Bonchev–Trinajstić information content (AvgIpc) is 3.19. The molecule has 11 heteroatoms. The second-order valence-electron chi connectivity index (χ2n) is 6.06. The van der Waals surface area contributed by atoms with Crippen molar-refractivity contribution in [3.8, 4) is 5.69 Å². The number of anilines is 1. The molecule has 0 atom stereocenters. The van der Waals surface area contributed by atoms with E-state index in [2.05, 4.69) is 20.4 Å². The number of amides is 1. The maximum Gasteiger partial charge on any atom is 0.294 e. The molecule has 0 aliphatic heterocycles. The summed E-state index contributed by atoms with van der Waals surface area (Å²) in [6.45, 7) is 0. The average molecular weight is 441 g/mol. The van der Waals surface area contributed by atoms with Gasteiger partial charge >= 0.3 is 0 Å². The van der Waals surface area contributed by atoms with Crippen LogP contribution in [0.2, 0.25) is 5.02 Å². The number of nitro groups is 1. The summed E-state index contributed by atoms with van der Waals surface area (Å²) in [6, 6.07) is 13.6. The zero-order valence-electron chi connectivity index (χ0n) is 15.2. The number of nitrogens with zero attached hydrogens (tertiary/aromatic N) is 5. The van der Waals surface area contributed by atoms with Crippen molar-refractivity contribution in [3.63, 3.8) is 0 Å². The van der Waals surface area contributed by atoms with Crippen molar-refractivity contribution in [1.29, 1.82) is 0 Å². The Morgan fingerprint density at radius 2 is 2.00 bits per heavy atom. The zero-order chi connectivity index (χ0) is 21.1. The van der Waals surface area contributed by atoms with Crippen LogP contribution in [0.15, 0.2) is 66.1 Å². The first-order valence-corrected chi connectivity index (χ1v) is 10.00. The summed E-state index contributed by atoms with van der Waals surface area (Å²) in [5, 5.41) is 19.6. The van der Waals surface area contributed by atoms with Crippen molar-refractivity contribution >= 4 is 51.7 Å². The Morgan fingerprint density at radius 1 is 1.20 bits per heavy atom. The van der Waals surface area contributed by atoms with Gasteiger partial charge in [0.1, 0.15) is 17.0 Å². The van der Waals surface area contributed by atoms with E-state index in [9.17, 15) is 14.9 Å². The molecular formula is C19H13ClN6O3S. The largest absolute Gasteiger partial charge is 0.320 e. The van der Waals surface area contributed by atoms with Crippen LogP contribution in [0, 0.1) is 10.1 Å². The highest BCUT2D eigenvalue weighted by Crippen LogP contribution is 2.29. The molecule has 0 radical (unpaired) electrons. The SMILES string of the molecule is O=C(CSc1ncnc2c1cnn2-c1ccccc1)Nc1ccc(Cl)cc1[N+](=O)[O-]. The fraction of sp³-hybridized carbons (Fsp3) is 0.0526. The van der Waals surface area contributed by atoms with Gasteiger partial charge in [0.15, 0.2) is 5.65 Å². The van der Waals surface area contributed by atoms with Crippen LogP contribution in [0.4, 0.5) is 11.4 Å². The lowest BCUT2D eigenvalue weighted by atomic mass is 10.2. The van der Waals surface area contributed by atoms with Crippen molar-refractivity contribution in [2.45, 2.75) is 5.03 Å². The third-order valence-corrected chi connectivity index (χ3v) is 5.34. The maximum absolute atomic E-state index is 12.4. The molecule has 9 nitrogen and oxygen atoms in total. The van der Waals surface area contributed by atoms with Crippen LogP contribution in [-0.4, -0.2) is 36.3 Å². The number of halogens is 1. The first-order chi connectivity index (χ1) is 14.5. The van der Waals surface area contributed by atoms with E-state index >= 15 is 0 Å². The highest BCUT2D eigenvalue weighted by atomic mass is 35.5. The van der Waals surface area contributed by atoms with Crippen LogP contribution in [0.5, 0.6) is 0 Å². The number of thioether (sulfide) groups is 1. The smallest absolute Gasteiger partial charge is 0.294 e. The summed E-state index contributed by atoms with van der Waals surface area (Å²) in [5.41, 5.74) is 1.29. The highest BCUT2D eigenvalue weighted by Gasteiger charge is 2.18. The minimum atomic E-state index is -0.597. The van der Waals surface area contributed by atoms with E-state index < -0.39 is 10.8 Å². The molecule has 4 aromatic rings.